The highest BCUT2D eigenvalue weighted by Crippen LogP contribution is 2.38. The fraction of sp³-hybridized carbons (Fsp3) is 0.417. The van der Waals surface area contributed by atoms with Crippen LogP contribution in [-0.2, 0) is 43.2 Å². The largest absolute Gasteiger partial charge is 0.493 e. The molecule has 0 saturated heterocycles. The molecule has 0 aromatic heterocycles. The number of hydrogen-bond acceptors (Lipinski definition) is 8. The van der Waals surface area contributed by atoms with Crippen LogP contribution in [0.4, 0.5) is 4.79 Å². The second-order valence-electron chi connectivity index (χ2n) is 12.8. The van der Waals surface area contributed by atoms with E-state index >= 15 is 0 Å². The van der Waals surface area contributed by atoms with E-state index in [1.807, 2.05) is 30.3 Å². The smallest absolute Gasteiger partial charge is 0.411 e. The van der Waals surface area contributed by atoms with Gasteiger partial charge in [-0.15, -0.1) is 0 Å². The minimum absolute atomic E-state index is 0.0157. The Balaban J connectivity index is 1.34. The van der Waals surface area contributed by atoms with Gasteiger partial charge in [0.05, 0.1) is 30.3 Å². The maximum atomic E-state index is 13.1. The number of hydrogen-bond donors (Lipinski definition) is 0. The fourth-order valence-electron chi connectivity index (χ4n) is 5.87. The van der Waals surface area contributed by atoms with E-state index in [-0.39, 0.29) is 19.1 Å². The number of rotatable bonds is 7. The molecule has 2 unspecified atom stereocenters. The summed E-state index contributed by atoms with van der Waals surface area (Å²) in [5.41, 5.74) is 4.08. The van der Waals surface area contributed by atoms with E-state index in [1.54, 1.807) is 39.0 Å². The second kappa shape index (κ2) is 14.4. The van der Waals surface area contributed by atoms with Gasteiger partial charge in [0.15, 0.2) is 6.10 Å². The van der Waals surface area contributed by atoms with Crippen LogP contribution in [0.3, 0.4) is 0 Å². The maximum absolute atomic E-state index is 13.1. The Kier molecular flexibility index (Phi) is 10.6. The average molecular weight is 685 g/mol. The van der Waals surface area contributed by atoms with Crippen molar-refractivity contribution in [3.63, 3.8) is 0 Å². The third-order valence-corrected chi connectivity index (χ3v) is 8.93. The van der Waals surface area contributed by atoms with Crippen molar-refractivity contribution in [3.05, 3.63) is 92.5 Å². The maximum Gasteiger partial charge on any atom is 0.411 e. The summed E-state index contributed by atoms with van der Waals surface area (Å²) in [5, 5.41) is 0.806. The Bertz CT molecular complexity index is 1640. The molecule has 2 aliphatic rings. The minimum Gasteiger partial charge on any atom is -0.493 e. The van der Waals surface area contributed by atoms with E-state index < -0.39 is 35.8 Å². The third-order valence-electron chi connectivity index (χ3n) is 8.19. The molecular formula is C36H39Cl2NO8. The molecule has 3 aromatic rings. The molecule has 0 fully saturated rings. The van der Waals surface area contributed by atoms with E-state index in [0.29, 0.717) is 28.8 Å². The van der Waals surface area contributed by atoms with Crippen molar-refractivity contribution in [1.82, 2.24) is 4.90 Å². The molecule has 47 heavy (non-hydrogen) atoms. The molecule has 0 bridgehead atoms. The van der Waals surface area contributed by atoms with Gasteiger partial charge >= 0.3 is 18.0 Å². The monoisotopic (exact) mass is 683 g/mol. The predicted octanol–water partition coefficient (Wildman–Crippen LogP) is 7.62. The first kappa shape index (κ1) is 34.4. The topological polar surface area (TPSA) is 101 Å². The van der Waals surface area contributed by atoms with Gasteiger partial charge < -0.3 is 23.7 Å². The number of carbonyl (C=O) groups is 3. The minimum atomic E-state index is -0.787. The highest BCUT2D eigenvalue weighted by molar-refractivity contribution is 6.42. The molecule has 1 amide bonds. The van der Waals surface area contributed by atoms with Crippen molar-refractivity contribution in [3.8, 4) is 11.5 Å². The first-order valence-corrected chi connectivity index (χ1v) is 16.3. The molecular weight excluding hydrogens is 645 g/mol. The van der Waals surface area contributed by atoms with E-state index in [4.69, 9.17) is 46.9 Å². The summed E-state index contributed by atoms with van der Waals surface area (Å²) in [7, 11) is 1.32. The number of methoxy groups -OCH3 is 1. The first-order chi connectivity index (χ1) is 22.3. The normalized spacial score (nSPS) is 18.1. The van der Waals surface area contributed by atoms with Gasteiger partial charge in [-0.25, -0.2) is 9.59 Å². The first-order valence-electron chi connectivity index (χ1n) is 15.5. The summed E-state index contributed by atoms with van der Waals surface area (Å²) in [6, 6.07) is 16.3. The van der Waals surface area contributed by atoms with Crippen LogP contribution in [0.15, 0.2) is 54.6 Å². The van der Waals surface area contributed by atoms with Gasteiger partial charge in [-0.3, -0.25) is 9.69 Å². The molecule has 2 heterocycles. The number of amides is 1. The van der Waals surface area contributed by atoms with Gasteiger partial charge in [0, 0.05) is 13.3 Å². The van der Waals surface area contributed by atoms with Gasteiger partial charge in [-0.05, 0) is 97.7 Å². The lowest BCUT2D eigenvalue weighted by Gasteiger charge is -2.36. The Labute approximate surface area is 285 Å². The summed E-state index contributed by atoms with van der Waals surface area (Å²) < 4.78 is 28.4. The van der Waals surface area contributed by atoms with Crippen molar-refractivity contribution >= 4 is 41.2 Å². The molecule has 250 valence electrons. The van der Waals surface area contributed by atoms with Crippen LogP contribution in [0, 0.1) is 0 Å². The predicted molar refractivity (Wildman–Crippen MR) is 177 cm³/mol. The number of fused-ring (bicyclic) bond motifs is 2. The molecule has 5 rings (SSSR count). The van der Waals surface area contributed by atoms with Gasteiger partial charge in [-0.2, -0.15) is 0 Å². The Morgan fingerprint density at radius 2 is 1.70 bits per heavy atom. The van der Waals surface area contributed by atoms with E-state index in [0.717, 1.165) is 46.4 Å². The number of esters is 2. The van der Waals surface area contributed by atoms with Gasteiger partial charge in [0.25, 0.3) is 0 Å². The summed E-state index contributed by atoms with van der Waals surface area (Å²) in [6.07, 6.45) is 0.701. The Hall–Kier alpha value is -3.95. The fourth-order valence-corrected chi connectivity index (χ4v) is 6.18. The van der Waals surface area contributed by atoms with E-state index in [9.17, 15) is 14.4 Å². The number of halogens is 2. The van der Waals surface area contributed by atoms with E-state index in [2.05, 4.69) is 6.07 Å². The van der Waals surface area contributed by atoms with Crippen LogP contribution >= 0.6 is 23.2 Å². The molecule has 0 spiro atoms. The van der Waals surface area contributed by atoms with Gasteiger partial charge in [0.2, 0.25) is 0 Å². The lowest BCUT2D eigenvalue weighted by Crippen LogP contribution is -2.50. The van der Waals surface area contributed by atoms with Crippen LogP contribution in [0.1, 0.15) is 74.0 Å². The SMILES string of the molecule is COC(=O)[C@@H]1Cc2cc3c(cc2CN1C(=O)OC(C)(C)C)CC(c1ccc(OC(COC(C)=O)c2ccc(Cl)c(Cl)c2)cc1)CCO3. The molecule has 0 saturated carbocycles. The van der Waals surface area contributed by atoms with Gasteiger partial charge in [0.1, 0.15) is 29.7 Å². The molecule has 0 aliphatic carbocycles. The lowest BCUT2D eigenvalue weighted by molar-refractivity contribution is -0.147. The molecule has 0 radical (unpaired) electrons. The van der Waals surface area contributed by atoms with Crippen LogP contribution in [-0.4, -0.2) is 54.9 Å². The van der Waals surface area contributed by atoms with Crippen molar-refractivity contribution in [1.29, 1.82) is 0 Å². The molecule has 11 heteroatoms. The summed E-state index contributed by atoms with van der Waals surface area (Å²) >= 11 is 12.3. The Morgan fingerprint density at radius 3 is 2.36 bits per heavy atom. The molecule has 9 nitrogen and oxygen atoms in total. The highest BCUT2D eigenvalue weighted by Gasteiger charge is 2.38. The van der Waals surface area contributed by atoms with Gasteiger partial charge in [-0.1, -0.05) is 47.5 Å². The second-order valence-corrected chi connectivity index (χ2v) is 13.6. The zero-order valence-electron chi connectivity index (χ0n) is 27.1. The molecule has 2 aliphatic heterocycles. The van der Waals surface area contributed by atoms with Crippen molar-refractivity contribution in [2.24, 2.45) is 0 Å². The molecule has 3 aromatic carbocycles. The Morgan fingerprint density at radius 1 is 0.957 bits per heavy atom. The zero-order valence-corrected chi connectivity index (χ0v) is 28.7. The van der Waals surface area contributed by atoms with Crippen molar-refractivity contribution < 1.29 is 38.1 Å². The zero-order chi connectivity index (χ0) is 33.9. The van der Waals surface area contributed by atoms with Crippen molar-refractivity contribution in [2.45, 2.75) is 77.2 Å². The number of nitrogens with zero attached hydrogens (tertiary/aromatic N) is 1. The number of benzene rings is 3. The number of ether oxygens (including phenoxy) is 5. The highest BCUT2D eigenvalue weighted by atomic mass is 35.5. The van der Waals surface area contributed by atoms with Crippen molar-refractivity contribution in [2.75, 3.05) is 20.3 Å². The van der Waals surface area contributed by atoms with Crippen LogP contribution in [0.25, 0.3) is 0 Å². The quantitative estimate of drug-likeness (QED) is 0.185. The third kappa shape index (κ3) is 8.51. The number of carbonyl (C=O) groups excluding carboxylic acids is 3. The molecule has 3 atom stereocenters. The summed E-state index contributed by atoms with van der Waals surface area (Å²) in [6.45, 7) is 7.50. The standard InChI is InChI=1S/C36H39Cl2NO8/c1-21(40)45-20-33(24-8-11-29(37)30(38)16-24)46-28-9-6-22(7-10-28)23-12-13-44-32-18-25-17-31(34(41)43-5)39(35(42)47-36(2,3)4)19-27(25)15-26(32)14-23/h6-11,15-16,18,23,31,33H,12-14,17,19-20H2,1-5H3/t23?,31-,33?/m0/s1. The average Bonchev–Trinajstić information content (AvgIpc) is 3.23. The summed E-state index contributed by atoms with van der Waals surface area (Å²) in [4.78, 5) is 38.8. The van der Waals surface area contributed by atoms with Crippen LogP contribution < -0.4 is 9.47 Å². The summed E-state index contributed by atoms with van der Waals surface area (Å²) in [5.74, 6) is 0.671. The van der Waals surface area contributed by atoms with Crippen LogP contribution in [0.5, 0.6) is 11.5 Å². The van der Waals surface area contributed by atoms with E-state index in [1.165, 1.54) is 18.9 Å². The molecule has 0 N–H and O–H groups in total. The lowest BCUT2D eigenvalue weighted by atomic mass is 9.87. The van der Waals surface area contributed by atoms with Crippen LogP contribution in [0.2, 0.25) is 10.0 Å².